The van der Waals surface area contributed by atoms with E-state index in [0.717, 1.165) is 36.3 Å². The highest BCUT2D eigenvalue weighted by Crippen LogP contribution is 2.26. The van der Waals surface area contributed by atoms with E-state index in [0.29, 0.717) is 18.8 Å². The quantitative estimate of drug-likeness (QED) is 0.752. The number of aromatic nitrogens is 2. The Morgan fingerprint density at radius 3 is 3.00 bits per heavy atom. The first-order valence-corrected chi connectivity index (χ1v) is 9.62. The van der Waals surface area contributed by atoms with Gasteiger partial charge in [0.15, 0.2) is 0 Å². The summed E-state index contributed by atoms with van der Waals surface area (Å²) in [6, 6.07) is 5.88. The van der Waals surface area contributed by atoms with Crippen LogP contribution < -0.4 is 15.8 Å². The summed E-state index contributed by atoms with van der Waals surface area (Å²) >= 11 is 0. The Labute approximate surface area is 165 Å². The number of amides is 1. The average molecular weight is 381 g/mol. The van der Waals surface area contributed by atoms with Gasteiger partial charge in [-0.1, -0.05) is 6.58 Å². The van der Waals surface area contributed by atoms with Crippen molar-refractivity contribution in [1.82, 2.24) is 14.9 Å². The number of anilines is 2. The van der Waals surface area contributed by atoms with Gasteiger partial charge in [-0.15, -0.1) is 0 Å². The molecule has 7 nitrogen and oxygen atoms in total. The average Bonchev–Trinajstić information content (AvgIpc) is 2.75. The van der Waals surface area contributed by atoms with Gasteiger partial charge in [0.2, 0.25) is 5.91 Å². The van der Waals surface area contributed by atoms with Crippen LogP contribution in [-0.4, -0.2) is 53.5 Å². The highest BCUT2D eigenvalue weighted by molar-refractivity contribution is 5.87. The lowest BCUT2D eigenvalue weighted by molar-refractivity contribution is -0.127. The standard InChI is InChI=1S/C21H27N5O2/c1-4-20(27)25-10-6-7-17(14-25)26(5-2)18-11-16(13-24-21(18)28)15-8-9-23-19(12-15)22-3/h4,8-9,11-13,17H,1,5-7,10,14H2,2-3H3,(H,22,23)(H,24,28)/t17-/m0/s1. The first-order valence-electron chi connectivity index (χ1n) is 9.62. The lowest BCUT2D eigenvalue weighted by Crippen LogP contribution is -2.50. The van der Waals surface area contributed by atoms with Crippen LogP contribution in [0.5, 0.6) is 0 Å². The van der Waals surface area contributed by atoms with Crippen LogP contribution in [0.3, 0.4) is 0 Å². The normalized spacial score (nSPS) is 16.5. The number of hydrogen-bond donors (Lipinski definition) is 2. The zero-order valence-corrected chi connectivity index (χ0v) is 16.4. The highest BCUT2D eigenvalue weighted by Gasteiger charge is 2.27. The largest absolute Gasteiger partial charge is 0.373 e. The number of aromatic amines is 1. The van der Waals surface area contributed by atoms with E-state index in [1.54, 1.807) is 12.4 Å². The molecular weight excluding hydrogens is 354 g/mol. The molecule has 0 radical (unpaired) electrons. The molecule has 1 fully saturated rings. The van der Waals surface area contributed by atoms with Gasteiger partial charge in [0.05, 0.1) is 0 Å². The molecule has 0 saturated carbocycles. The number of nitrogens with zero attached hydrogens (tertiary/aromatic N) is 3. The van der Waals surface area contributed by atoms with Gasteiger partial charge in [-0.3, -0.25) is 9.59 Å². The number of rotatable bonds is 6. The van der Waals surface area contributed by atoms with Gasteiger partial charge >= 0.3 is 0 Å². The topological polar surface area (TPSA) is 81.3 Å². The van der Waals surface area contributed by atoms with Gasteiger partial charge in [0.25, 0.3) is 5.56 Å². The van der Waals surface area contributed by atoms with Crippen molar-refractivity contribution in [3.63, 3.8) is 0 Å². The predicted molar refractivity (Wildman–Crippen MR) is 113 cm³/mol. The minimum absolute atomic E-state index is 0.0557. The van der Waals surface area contributed by atoms with Gasteiger partial charge in [-0.25, -0.2) is 4.98 Å². The van der Waals surface area contributed by atoms with E-state index in [9.17, 15) is 9.59 Å². The molecule has 1 aliphatic rings. The molecule has 0 unspecified atom stereocenters. The van der Waals surface area contributed by atoms with Crippen molar-refractivity contribution in [2.24, 2.45) is 0 Å². The number of likely N-dealkylation sites (N-methyl/N-ethyl adjacent to an activating group) is 1. The fraction of sp³-hybridized carbons (Fsp3) is 0.381. The molecule has 0 aromatic carbocycles. The Kier molecular flexibility index (Phi) is 6.13. The third kappa shape index (κ3) is 4.08. The molecule has 2 N–H and O–H groups in total. The van der Waals surface area contributed by atoms with E-state index in [4.69, 9.17) is 0 Å². The van der Waals surface area contributed by atoms with E-state index >= 15 is 0 Å². The Balaban J connectivity index is 1.93. The van der Waals surface area contributed by atoms with Gasteiger partial charge in [-0.2, -0.15) is 0 Å². The fourth-order valence-electron chi connectivity index (χ4n) is 3.76. The Morgan fingerprint density at radius 2 is 2.29 bits per heavy atom. The first-order chi connectivity index (χ1) is 13.6. The van der Waals surface area contributed by atoms with Crippen molar-refractivity contribution >= 4 is 17.4 Å². The summed E-state index contributed by atoms with van der Waals surface area (Å²) in [6.45, 7) is 7.64. The summed E-state index contributed by atoms with van der Waals surface area (Å²) in [7, 11) is 1.82. The second-order valence-electron chi connectivity index (χ2n) is 6.85. The highest BCUT2D eigenvalue weighted by atomic mass is 16.2. The van der Waals surface area contributed by atoms with Gasteiger partial charge < -0.3 is 20.1 Å². The van der Waals surface area contributed by atoms with Crippen molar-refractivity contribution in [1.29, 1.82) is 0 Å². The molecule has 0 spiro atoms. The van der Waals surface area contributed by atoms with Crippen LogP contribution in [0.2, 0.25) is 0 Å². The molecule has 1 aliphatic heterocycles. The predicted octanol–water partition coefficient (Wildman–Crippen LogP) is 2.48. The minimum Gasteiger partial charge on any atom is -0.373 e. The Hall–Kier alpha value is -3.09. The van der Waals surface area contributed by atoms with Crippen LogP contribution in [0, 0.1) is 0 Å². The lowest BCUT2D eigenvalue weighted by Gasteiger charge is -2.39. The first kappa shape index (κ1) is 19.7. The molecule has 3 rings (SSSR count). The Morgan fingerprint density at radius 1 is 1.46 bits per heavy atom. The molecule has 7 heteroatoms. The van der Waals surface area contributed by atoms with Crippen LogP contribution in [0.1, 0.15) is 19.8 Å². The summed E-state index contributed by atoms with van der Waals surface area (Å²) < 4.78 is 0. The Bertz CT molecular complexity index is 908. The summed E-state index contributed by atoms with van der Waals surface area (Å²) in [4.78, 5) is 35.7. The number of hydrogen-bond acceptors (Lipinski definition) is 5. The van der Waals surface area contributed by atoms with Crippen molar-refractivity contribution in [2.45, 2.75) is 25.8 Å². The van der Waals surface area contributed by atoms with E-state index < -0.39 is 0 Å². The number of pyridine rings is 2. The summed E-state index contributed by atoms with van der Waals surface area (Å²) in [5.74, 6) is 0.711. The SMILES string of the molecule is C=CC(=O)N1CCC[C@H](N(CC)c2cc(-c3ccnc(NC)c3)c[nH]c2=O)C1. The monoisotopic (exact) mass is 381 g/mol. The zero-order chi connectivity index (χ0) is 20.1. The second-order valence-corrected chi connectivity index (χ2v) is 6.85. The maximum Gasteiger partial charge on any atom is 0.271 e. The van der Waals surface area contributed by atoms with Gasteiger partial charge in [0, 0.05) is 50.7 Å². The molecule has 0 bridgehead atoms. The third-order valence-corrected chi connectivity index (χ3v) is 5.21. The van der Waals surface area contributed by atoms with E-state index in [-0.39, 0.29) is 17.5 Å². The smallest absolute Gasteiger partial charge is 0.271 e. The molecular formula is C21H27N5O2. The molecule has 28 heavy (non-hydrogen) atoms. The van der Waals surface area contributed by atoms with Gasteiger partial charge in [-0.05, 0) is 49.6 Å². The van der Waals surface area contributed by atoms with Crippen LogP contribution in [-0.2, 0) is 4.79 Å². The summed E-state index contributed by atoms with van der Waals surface area (Å²) in [6.07, 6.45) is 6.67. The molecule has 0 aliphatic carbocycles. The molecule has 2 aromatic heterocycles. The summed E-state index contributed by atoms with van der Waals surface area (Å²) in [5.41, 5.74) is 2.39. The molecule has 2 aromatic rings. The van der Waals surface area contributed by atoms with Crippen LogP contribution in [0.4, 0.5) is 11.5 Å². The number of carbonyl (C=O) groups is 1. The second kappa shape index (κ2) is 8.73. The number of nitrogens with one attached hydrogen (secondary N) is 2. The van der Waals surface area contributed by atoms with Crippen LogP contribution >= 0.6 is 0 Å². The van der Waals surface area contributed by atoms with Gasteiger partial charge in [0.1, 0.15) is 11.5 Å². The lowest BCUT2D eigenvalue weighted by atomic mass is 10.0. The number of piperidine rings is 1. The number of likely N-dealkylation sites (tertiary alicyclic amines) is 1. The third-order valence-electron chi connectivity index (χ3n) is 5.21. The molecule has 148 valence electrons. The maximum atomic E-state index is 12.6. The molecule has 1 amide bonds. The molecule has 1 atom stereocenters. The van der Waals surface area contributed by atoms with E-state index in [1.165, 1.54) is 6.08 Å². The minimum atomic E-state index is -0.124. The van der Waals surface area contributed by atoms with Crippen molar-refractivity contribution in [3.05, 3.63) is 53.6 Å². The summed E-state index contributed by atoms with van der Waals surface area (Å²) in [5, 5.41) is 3.03. The van der Waals surface area contributed by atoms with Crippen molar-refractivity contribution in [3.8, 4) is 11.1 Å². The number of H-pyrrole nitrogens is 1. The van der Waals surface area contributed by atoms with Crippen LogP contribution in [0.15, 0.2) is 48.0 Å². The maximum absolute atomic E-state index is 12.6. The van der Waals surface area contributed by atoms with E-state index in [1.807, 2.05) is 37.1 Å². The zero-order valence-electron chi connectivity index (χ0n) is 16.4. The van der Waals surface area contributed by atoms with Crippen LogP contribution in [0.25, 0.3) is 11.1 Å². The molecule has 3 heterocycles. The number of carbonyl (C=O) groups excluding carboxylic acids is 1. The molecule has 1 saturated heterocycles. The van der Waals surface area contributed by atoms with Crippen molar-refractivity contribution < 1.29 is 4.79 Å². The van der Waals surface area contributed by atoms with Crippen molar-refractivity contribution in [2.75, 3.05) is 36.9 Å². The fourth-order valence-corrected chi connectivity index (χ4v) is 3.76. The van der Waals surface area contributed by atoms with E-state index in [2.05, 4.69) is 26.8 Å².